The highest BCUT2D eigenvalue weighted by Crippen LogP contribution is 2.28. The highest BCUT2D eigenvalue weighted by Gasteiger charge is 2.38. The van der Waals surface area contributed by atoms with E-state index in [1.54, 1.807) is 36.3 Å². The molecule has 2 saturated heterocycles. The summed E-state index contributed by atoms with van der Waals surface area (Å²) in [4.78, 5) is 41.5. The van der Waals surface area contributed by atoms with Crippen molar-refractivity contribution in [3.8, 4) is 5.75 Å². The lowest BCUT2D eigenvalue weighted by molar-refractivity contribution is -0.384. The summed E-state index contributed by atoms with van der Waals surface area (Å²) in [5.41, 5.74) is 1.73. The number of rotatable bonds is 5. The average Bonchev–Trinajstić information content (AvgIpc) is 3.20. The van der Waals surface area contributed by atoms with Gasteiger partial charge in [0.25, 0.3) is 5.69 Å². The normalized spacial score (nSPS) is 18.9. The number of benzene rings is 2. The smallest absolute Gasteiger partial charge is 0.269 e. The number of anilines is 2. The van der Waals surface area contributed by atoms with Crippen LogP contribution in [-0.4, -0.2) is 61.5 Å². The second-order valence-electron chi connectivity index (χ2n) is 7.69. The van der Waals surface area contributed by atoms with E-state index in [2.05, 4.69) is 4.90 Å². The molecule has 4 rings (SSSR count). The number of amides is 2. The lowest BCUT2D eigenvalue weighted by Crippen LogP contribution is -2.50. The molecule has 9 nitrogen and oxygen atoms in total. The maximum atomic E-state index is 13.0. The van der Waals surface area contributed by atoms with E-state index in [4.69, 9.17) is 4.74 Å². The van der Waals surface area contributed by atoms with Crippen LogP contribution in [-0.2, 0) is 9.59 Å². The summed E-state index contributed by atoms with van der Waals surface area (Å²) in [6, 6.07) is 13.7. The number of non-ortho nitro benzene ring substituents is 1. The Morgan fingerprint density at radius 2 is 1.61 bits per heavy atom. The molecule has 0 aliphatic carbocycles. The number of hydrogen-bond donors (Lipinski definition) is 0. The quantitative estimate of drug-likeness (QED) is 0.540. The average molecular weight is 424 g/mol. The second kappa shape index (κ2) is 8.63. The number of methoxy groups -OCH3 is 1. The maximum Gasteiger partial charge on any atom is 0.269 e. The molecule has 2 fully saturated rings. The molecule has 31 heavy (non-hydrogen) atoms. The van der Waals surface area contributed by atoms with E-state index < -0.39 is 4.92 Å². The van der Waals surface area contributed by atoms with Crippen LogP contribution in [0.1, 0.15) is 6.42 Å². The number of carbonyl (C=O) groups excluding carboxylic acids is 2. The van der Waals surface area contributed by atoms with Gasteiger partial charge < -0.3 is 19.4 Å². The molecular formula is C22H24N4O5. The molecule has 2 amide bonds. The Morgan fingerprint density at radius 1 is 1.00 bits per heavy atom. The first-order valence-electron chi connectivity index (χ1n) is 10.2. The first-order chi connectivity index (χ1) is 15.0. The number of carbonyl (C=O) groups is 2. The molecule has 2 aromatic carbocycles. The van der Waals surface area contributed by atoms with Crippen LogP contribution in [0, 0.1) is 16.0 Å². The molecule has 2 heterocycles. The molecule has 1 atom stereocenters. The van der Waals surface area contributed by atoms with Crippen LogP contribution in [0.4, 0.5) is 17.1 Å². The summed E-state index contributed by atoms with van der Waals surface area (Å²) < 4.78 is 5.16. The Labute approximate surface area is 179 Å². The largest absolute Gasteiger partial charge is 0.497 e. The van der Waals surface area contributed by atoms with Crippen molar-refractivity contribution >= 4 is 28.9 Å². The molecular weight excluding hydrogens is 400 g/mol. The third-order valence-electron chi connectivity index (χ3n) is 5.88. The van der Waals surface area contributed by atoms with Gasteiger partial charge in [-0.25, -0.2) is 0 Å². The minimum atomic E-state index is -0.418. The zero-order valence-electron chi connectivity index (χ0n) is 17.3. The fraction of sp³-hybridized carbons (Fsp3) is 0.364. The van der Waals surface area contributed by atoms with Gasteiger partial charge in [-0.3, -0.25) is 19.7 Å². The monoisotopic (exact) mass is 424 g/mol. The molecule has 0 bridgehead atoms. The summed E-state index contributed by atoms with van der Waals surface area (Å²) in [7, 11) is 1.59. The molecule has 2 aliphatic rings. The fourth-order valence-corrected chi connectivity index (χ4v) is 4.11. The van der Waals surface area contributed by atoms with E-state index in [1.807, 2.05) is 17.0 Å². The molecule has 0 N–H and O–H groups in total. The Bertz CT molecular complexity index is 968. The van der Waals surface area contributed by atoms with Crippen molar-refractivity contribution in [1.29, 1.82) is 0 Å². The summed E-state index contributed by atoms with van der Waals surface area (Å²) >= 11 is 0. The van der Waals surface area contributed by atoms with Crippen LogP contribution in [0.3, 0.4) is 0 Å². The number of hydrogen-bond acceptors (Lipinski definition) is 6. The summed E-state index contributed by atoms with van der Waals surface area (Å²) in [5.74, 6) is 0.329. The van der Waals surface area contributed by atoms with E-state index in [-0.39, 0.29) is 29.8 Å². The van der Waals surface area contributed by atoms with Gasteiger partial charge in [0, 0.05) is 62.7 Å². The summed E-state index contributed by atoms with van der Waals surface area (Å²) in [6.07, 6.45) is 0.216. The fourth-order valence-electron chi connectivity index (χ4n) is 4.11. The first kappa shape index (κ1) is 20.6. The van der Waals surface area contributed by atoms with Crippen molar-refractivity contribution in [2.24, 2.45) is 5.92 Å². The van der Waals surface area contributed by atoms with Crippen LogP contribution >= 0.6 is 0 Å². The lowest BCUT2D eigenvalue weighted by Gasteiger charge is -2.37. The molecule has 0 saturated carbocycles. The van der Waals surface area contributed by atoms with Crippen LogP contribution in [0.2, 0.25) is 0 Å². The van der Waals surface area contributed by atoms with Crippen molar-refractivity contribution in [3.63, 3.8) is 0 Å². The zero-order valence-corrected chi connectivity index (χ0v) is 17.3. The first-order valence-corrected chi connectivity index (χ1v) is 10.2. The van der Waals surface area contributed by atoms with E-state index in [0.717, 1.165) is 11.4 Å². The number of nitro groups is 1. The Morgan fingerprint density at radius 3 is 2.19 bits per heavy atom. The SMILES string of the molecule is COc1ccc(N2C[C@@H](C(=O)N3CCN(c4ccc([N+](=O)[O-])cc4)CC3)CC2=O)cc1. The molecule has 0 spiro atoms. The molecule has 2 aromatic rings. The van der Waals surface area contributed by atoms with Crippen LogP contribution in [0.25, 0.3) is 0 Å². The highest BCUT2D eigenvalue weighted by molar-refractivity contribution is 6.00. The lowest BCUT2D eigenvalue weighted by atomic mass is 10.1. The summed E-state index contributed by atoms with van der Waals surface area (Å²) in [5, 5.41) is 10.8. The van der Waals surface area contributed by atoms with E-state index in [1.165, 1.54) is 12.1 Å². The zero-order chi connectivity index (χ0) is 22.0. The van der Waals surface area contributed by atoms with Crippen molar-refractivity contribution in [2.45, 2.75) is 6.42 Å². The number of nitrogens with zero attached hydrogens (tertiary/aromatic N) is 4. The van der Waals surface area contributed by atoms with Gasteiger partial charge >= 0.3 is 0 Å². The molecule has 9 heteroatoms. The standard InChI is InChI=1S/C22H24N4O5/c1-31-20-8-6-18(7-9-20)25-15-16(14-21(25)27)22(28)24-12-10-23(11-13-24)17-2-4-19(5-3-17)26(29)30/h2-9,16H,10-15H2,1H3/t16-/m0/s1. The van der Waals surface area contributed by atoms with Crippen molar-refractivity contribution in [2.75, 3.05) is 49.6 Å². The minimum Gasteiger partial charge on any atom is -0.497 e. The number of ether oxygens (including phenoxy) is 1. The Balaban J connectivity index is 1.34. The molecule has 162 valence electrons. The van der Waals surface area contributed by atoms with Gasteiger partial charge in [-0.05, 0) is 36.4 Å². The van der Waals surface area contributed by atoms with Crippen molar-refractivity contribution < 1.29 is 19.2 Å². The molecule has 0 unspecified atom stereocenters. The predicted octanol–water partition coefficient (Wildman–Crippen LogP) is 2.31. The predicted molar refractivity (Wildman–Crippen MR) is 115 cm³/mol. The highest BCUT2D eigenvalue weighted by atomic mass is 16.6. The van der Waals surface area contributed by atoms with Crippen molar-refractivity contribution in [1.82, 2.24) is 4.90 Å². The topological polar surface area (TPSA) is 96.2 Å². The molecule has 0 radical (unpaired) electrons. The van der Waals surface area contributed by atoms with E-state index in [9.17, 15) is 19.7 Å². The molecule has 0 aromatic heterocycles. The Hall–Kier alpha value is -3.62. The van der Waals surface area contributed by atoms with Gasteiger partial charge in [-0.2, -0.15) is 0 Å². The maximum absolute atomic E-state index is 13.0. The Kier molecular flexibility index (Phi) is 5.75. The summed E-state index contributed by atoms with van der Waals surface area (Å²) in [6.45, 7) is 2.79. The van der Waals surface area contributed by atoms with Crippen LogP contribution in [0.15, 0.2) is 48.5 Å². The second-order valence-corrected chi connectivity index (χ2v) is 7.69. The van der Waals surface area contributed by atoms with Crippen LogP contribution < -0.4 is 14.5 Å². The van der Waals surface area contributed by atoms with Gasteiger partial charge in [-0.1, -0.05) is 0 Å². The van der Waals surface area contributed by atoms with Gasteiger partial charge in [0.1, 0.15) is 5.75 Å². The van der Waals surface area contributed by atoms with Gasteiger partial charge in [-0.15, -0.1) is 0 Å². The van der Waals surface area contributed by atoms with Crippen LogP contribution in [0.5, 0.6) is 5.75 Å². The van der Waals surface area contributed by atoms with Gasteiger partial charge in [0.15, 0.2) is 0 Å². The number of piperazine rings is 1. The van der Waals surface area contributed by atoms with E-state index >= 15 is 0 Å². The molecule has 2 aliphatic heterocycles. The number of nitro benzene ring substituents is 1. The van der Waals surface area contributed by atoms with Gasteiger partial charge in [0.2, 0.25) is 11.8 Å². The van der Waals surface area contributed by atoms with E-state index in [0.29, 0.717) is 38.5 Å². The third kappa shape index (κ3) is 4.30. The van der Waals surface area contributed by atoms with Gasteiger partial charge in [0.05, 0.1) is 18.0 Å². The minimum absolute atomic E-state index is 0.00714. The third-order valence-corrected chi connectivity index (χ3v) is 5.88. The van der Waals surface area contributed by atoms with Crippen molar-refractivity contribution in [3.05, 3.63) is 58.6 Å².